The molecule has 2 aromatic carbocycles. The van der Waals surface area contributed by atoms with E-state index >= 15 is 0 Å². The van der Waals surface area contributed by atoms with Crippen molar-refractivity contribution >= 4 is 11.6 Å². The Labute approximate surface area is 113 Å². The molecule has 3 nitrogen and oxygen atoms in total. The average molecular weight is 254 g/mol. The van der Waals surface area contributed by atoms with Gasteiger partial charge in [0.15, 0.2) is 0 Å². The molecule has 1 amide bonds. The highest BCUT2D eigenvalue weighted by molar-refractivity contribution is 6.04. The van der Waals surface area contributed by atoms with E-state index in [1.807, 2.05) is 42.5 Å². The van der Waals surface area contributed by atoms with Crippen LogP contribution in [0.5, 0.6) is 0 Å². The SMILES string of the molecule is CCc1ccc(NC(=O)c2cccc(CN)c2)cc1. The molecule has 0 saturated carbocycles. The summed E-state index contributed by atoms with van der Waals surface area (Å²) in [5.41, 5.74) is 9.21. The highest BCUT2D eigenvalue weighted by atomic mass is 16.1. The maximum Gasteiger partial charge on any atom is 0.255 e. The van der Waals surface area contributed by atoms with Crippen molar-refractivity contribution in [2.45, 2.75) is 19.9 Å². The topological polar surface area (TPSA) is 55.1 Å². The van der Waals surface area contributed by atoms with Crippen LogP contribution in [0.4, 0.5) is 5.69 Å². The lowest BCUT2D eigenvalue weighted by Crippen LogP contribution is -2.12. The van der Waals surface area contributed by atoms with E-state index in [9.17, 15) is 4.79 Å². The summed E-state index contributed by atoms with van der Waals surface area (Å²) in [4.78, 5) is 12.1. The van der Waals surface area contributed by atoms with E-state index < -0.39 is 0 Å². The molecule has 0 fully saturated rings. The fourth-order valence-corrected chi connectivity index (χ4v) is 1.87. The Morgan fingerprint density at radius 3 is 2.47 bits per heavy atom. The molecule has 98 valence electrons. The molecule has 0 aliphatic heterocycles. The van der Waals surface area contributed by atoms with Gasteiger partial charge >= 0.3 is 0 Å². The predicted molar refractivity (Wildman–Crippen MR) is 78.1 cm³/mol. The van der Waals surface area contributed by atoms with Gasteiger partial charge in [0.1, 0.15) is 0 Å². The van der Waals surface area contributed by atoms with Crippen molar-refractivity contribution < 1.29 is 4.79 Å². The first kappa shape index (κ1) is 13.3. The van der Waals surface area contributed by atoms with Gasteiger partial charge in [-0.25, -0.2) is 0 Å². The summed E-state index contributed by atoms with van der Waals surface area (Å²) in [5, 5.41) is 2.88. The first-order chi connectivity index (χ1) is 9.22. The highest BCUT2D eigenvalue weighted by Gasteiger charge is 2.06. The molecule has 0 unspecified atom stereocenters. The normalized spacial score (nSPS) is 10.2. The van der Waals surface area contributed by atoms with Gasteiger partial charge in [0.25, 0.3) is 5.91 Å². The Kier molecular flexibility index (Phi) is 4.31. The minimum Gasteiger partial charge on any atom is -0.326 e. The lowest BCUT2D eigenvalue weighted by Gasteiger charge is -2.07. The zero-order valence-electron chi connectivity index (χ0n) is 11.0. The standard InChI is InChI=1S/C16H18N2O/c1-2-12-6-8-15(9-7-12)18-16(19)14-5-3-4-13(10-14)11-17/h3-10H,2,11,17H2,1H3,(H,18,19). The number of hydrogen-bond donors (Lipinski definition) is 2. The highest BCUT2D eigenvalue weighted by Crippen LogP contribution is 2.12. The average Bonchev–Trinajstić information content (AvgIpc) is 2.48. The van der Waals surface area contributed by atoms with E-state index in [2.05, 4.69) is 12.2 Å². The maximum absolute atomic E-state index is 12.1. The lowest BCUT2D eigenvalue weighted by atomic mass is 10.1. The smallest absolute Gasteiger partial charge is 0.255 e. The molecule has 2 rings (SSSR count). The third-order valence-electron chi connectivity index (χ3n) is 3.04. The summed E-state index contributed by atoms with van der Waals surface area (Å²) in [5.74, 6) is -0.112. The summed E-state index contributed by atoms with van der Waals surface area (Å²) in [6.45, 7) is 2.54. The molecular formula is C16H18N2O. The summed E-state index contributed by atoms with van der Waals surface area (Å²) in [7, 11) is 0. The van der Waals surface area contributed by atoms with Crippen LogP contribution >= 0.6 is 0 Å². The quantitative estimate of drug-likeness (QED) is 0.881. The van der Waals surface area contributed by atoms with E-state index in [0.29, 0.717) is 12.1 Å². The van der Waals surface area contributed by atoms with Gasteiger partial charge in [-0.1, -0.05) is 31.2 Å². The molecule has 2 aromatic rings. The van der Waals surface area contributed by atoms with Gasteiger partial charge in [-0.15, -0.1) is 0 Å². The molecule has 0 radical (unpaired) electrons. The van der Waals surface area contributed by atoms with Crippen LogP contribution in [0.25, 0.3) is 0 Å². The molecule has 0 spiro atoms. The molecule has 0 aromatic heterocycles. The number of amides is 1. The number of carbonyl (C=O) groups is 1. The van der Waals surface area contributed by atoms with Crippen LogP contribution in [0.15, 0.2) is 48.5 Å². The first-order valence-corrected chi connectivity index (χ1v) is 6.42. The van der Waals surface area contributed by atoms with E-state index in [0.717, 1.165) is 17.7 Å². The zero-order chi connectivity index (χ0) is 13.7. The summed E-state index contributed by atoms with van der Waals surface area (Å²) in [6.07, 6.45) is 0.993. The van der Waals surface area contributed by atoms with Gasteiger partial charge in [0.2, 0.25) is 0 Å². The van der Waals surface area contributed by atoms with Crippen LogP contribution < -0.4 is 11.1 Å². The zero-order valence-corrected chi connectivity index (χ0v) is 11.0. The van der Waals surface area contributed by atoms with Gasteiger partial charge in [0, 0.05) is 17.8 Å². The van der Waals surface area contributed by atoms with Crippen molar-refractivity contribution in [3.63, 3.8) is 0 Å². The molecule has 0 bridgehead atoms. The van der Waals surface area contributed by atoms with Crippen molar-refractivity contribution in [1.82, 2.24) is 0 Å². The number of benzene rings is 2. The van der Waals surface area contributed by atoms with Crippen molar-refractivity contribution in [3.05, 3.63) is 65.2 Å². The summed E-state index contributed by atoms with van der Waals surface area (Å²) >= 11 is 0. The van der Waals surface area contributed by atoms with E-state index in [-0.39, 0.29) is 5.91 Å². The molecular weight excluding hydrogens is 236 g/mol. The van der Waals surface area contributed by atoms with Crippen molar-refractivity contribution in [1.29, 1.82) is 0 Å². The first-order valence-electron chi connectivity index (χ1n) is 6.42. The van der Waals surface area contributed by atoms with Gasteiger partial charge in [0.05, 0.1) is 0 Å². The second kappa shape index (κ2) is 6.16. The van der Waals surface area contributed by atoms with Crippen LogP contribution in [-0.2, 0) is 13.0 Å². The van der Waals surface area contributed by atoms with Crippen LogP contribution in [0.1, 0.15) is 28.4 Å². The largest absolute Gasteiger partial charge is 0.326 e. The third kappa shape index (κ3) is 3.42. The van der Waals surface area contributed by atoms with Crippen molar-refractivity contribution in [2.24, 2.45) is 5.73 Å². The van der Waals surface area contributed by atoms with Crippen molar-refractivity contribution in [2.75, 3.05) is 5.32 Å². The molecule has 3 N–H and O–H groups in total. The Morgan fingerprint density at radius 1 is 1.11 bits per heavy atom. The van der Waals surface area contributed by atoms with Gasteiger partial charge in [-0.05, 0) is 41.8 Å². The maximum atomic E-state index is 12.1. The van der Waals surface area contributed by atoms with E-state index in [1.54, 1.807) is 6.07 Å². The molecule has 0 saturated heterocycles. The van der Waals surface area contributed by atoms with Crippen LogP contribution in [-0.4, -0.2) is 5.91 Å². The fourth-order valence-electron chi connectivity index (χ4n) is 1.87. The van der Waals surface area contributed by atoms with Crippen LogP contribution in [0.3, 0.4) is 0 Å². The van der Waals surface area contributed by atoms with Crippen molar-refractivity contribution in [3.8, 4) is 0 Å². The molecule has 0 aliphatic rings. The number of carbonyl (C=O) groups excluding carboxylic acids is 1. The molecule has 0 aliphatic carbocycles. The van der Waals surface area contributed by atoms with E-state index in [4.69, 9.17) is 5.73 Å². The predicted octanol–water partition coefficient (Wildman–Crippen LogP) is 2.96. The fraction of sp³-hybridized carbons (Fsp3) is 0.188. The summed E-state index contributed by atoms with van der Waals surface area (Å²) in [6, 6.07) is 15.2. The van der Waals surface area contributed by atoms with Crippen LogP contribution in [0, 0.1) is 0 Å². The van der Waals surface area contributed by atoms with Gasteiger partial charge in [-0.3, -0.25) is 4.79 Å². The Bertz CT molecular complexity index is 561. The second-order valence-electron chi connectivity index (χ2n) is 4.41. The number of anilines is 1. The van der Waals surface area contributed by atoms with E-state index in [1.165, 1.54) is 5.56 Å². The lowest BCUT2D eigenvalue weighted by molar-refractivity contribution is 0.102. The van der Waals surface area contributed by atoms with Gasteiger partial charge < -0.3 is 11.1 Å². The van der Waals surface area contributed by atoms with Gasteiger partial charge in [-0.2, -0.15) is 0 Å². The Hall–Kier alpha value is -2.13. The Balaban J connectivity index is 2.11. The molecule has 3 heteroatoms. The number of nitrogens with one attached hydrogen (secondary N) is 1. The minimum atomic E-state index is -0.112. The molecule has 0 heterocycles. The van der Waals surface area contributed by atoms with Crippen LogP contribution in [0.2, 0.25) is 0 Å². The Morgan fingerprint density at radius 2 is 1.84 bits per heavy atom. The number of hydrogen-bond acceptors (Lipinski definition) is 2. The molecule has 0 atom stereocenters. The molecule has 19 heavy (non-hydrogen) atoms. The number of rotatable bonds is 4. The number of nitrogens with two attached hydrogens (primary N) is 1. The monoisotopic (exact) mass is 254 g/mol. The third-order valence-corrected chi connectivity index (χ3v) is 3.04. The summed E-state index contributed by atoms with van der Waals surface area (Å²) < 4.78 is 0. The second-order valence-corrected chi connectivity index (χ2v) is 4.41. The minimum absolute atomic E-state index is 0.112. The number of aryl methyl sites for hydroxylation is 1.